The number of carboxylic acid groups (broad SMARTS) is 2. The zero-order valence-electron chi connectivity index (χ0n) is 24.7. The number of aliphatic carboxylic acids is 2. The van der Waals surface area contributed by atoms with Crippen molar-refractivity contribution in [1.29, 1.82) is 0 Å². The van der Waals surface area contributed by atoms with Crippen molar-refractivity contribution in [2.24, 2.45) is 0 Å². The number of nitrogens with zero attached hydrogens (tertiary/aromatic N) is 7. The van der Waals surface area contributed by atoms with Gasteiger partial charge in [0.25, 0.3) is 11.6 Å². The number of methoxy groups -OCH3 is 1. The molecule has 1 unspecified atom stereocenters. The van der Waals surface area contributed by atoms with Crippen molar-refractivity contribution in [3.05, 3.63) is 41.1 Å². The van der Waals surface area contributed by atoms with Crippen LogP contribution in [0, 0.1) is 0 Å². The standard InChI is InChI=1S/C27H34N8O8S2/c1-32-10-12-33(13-11-32)8-3-9-34-26(29-30-31-34)45-15-17-14-44-25-27(43-2,24(42)35(25)20(17)23(40)41)28-21(37)19(22(38)39)16-4-6-18(36)7-5-16/h4-7,19,25,36H,3,8-15H2,1-2H3,(H,28,37)(H,38,39)(H,40,41)/t19?,25-,27-/m0/s1. The summed E-state index contributed by atoms with van der Waals surface area (Å²) in [6.07, 6.45) is 0.853. The molecule has 1 aromatic carbocycles. The number of amides is 2. The molecule has 45 heavy (non-hydrogen) atoms. The van der Waals surface area contributed by atoms with Crippen LogP contribution in [0.4, 0.5) is 0 Å². The highest BCUT2D eigenvalue weighted by molar-refractivity contribution is 8.01. The van der Waals surface area contributed by atoms with Crippen LogP contribution in [0.25, 0.3) is 0 Å². The number of aryl methyl sites for hydroxylation is 1. The van der Waals surface area contributed by atoms with E-state index in [0.29, 0.717) is 17.3 Å². The molecule has 4 N–H and O–H groups in total. The van der Waals surface area contributed by atoms with E-state index in [0.717, 1.165) is 44.0 Å². The van der Waals surface area contributed by atoms with Gasteiger partial charge in [-0.25, -0.2) is 9.48 Å². The fourth-order valence-corrected chi connectivity index (χ4v) is 7.97. The third-order valence-electron chi connectivity index (χ3n) is 7.99. The third-order valence-corrected chi connectivity index (χ3v) is 10.4. The summed E-state index contributed by atoms with van der Waals surface area (Å²) >= 11 is 2.46. The molecule has 0 aliphatic carbocycles. The molecule has 3 aliphatic rings. The van der Waals surface area contributed by atoms with Crippen molar-refractivity contribution < 1.29 is 39.2 Å². The summed E-state index contributed by atoms with van der Waals surface area (Å²) in [5.41, 5.74) is -1.64. The Morgan fingerprint density at radius 2 is 1.87 bits per heavy atom. The van der Waals surface area contributed by atoms with Gasteiger partial charge >= 0.3 is 11.9 Å². The van der Waals surface area contributed by atoms with Crippen molar-refractivity contribution >= 4 is 47.3 Å². The highest BCUT2D eigenvalue weighted by Crippen LogP contribution is 2.47. The summed E-state index contributed by atoms with van der Waals surface area (Å²) in [6, 6.07) is 5.07. The quantitative estimate of drug-likeness (QED) is 0.0940. The molecule has 4 heterocycles. The summed E-state index contributed by atoms with van der Waals surface area (Å²) in [5, 5.41) is 43.4. The Labute approximate surface area is 266 Å². The predicted molar refractivity (Wildman–Crippen MR) is 161 cm³/mol. The van der Waals surface area contributed by atoms with Crippen molar-refractivity contribution in [3.63, 3.8) is 0 Å². The lowest BCUT2D eigenvalue weighted by Gasteiger charge is -2.56. The largest absolute Gasteiger partial charge is 0.508 e. The number of carbonyl (C=O) groups is 4. The number of fused-ring (bicyclic) bond motifs is 1. The summed E-state index contributed by atoms with van der Waals surface area (Å²) in [4.78, 5) is 56.9. The second kappa shape index (κ2) is 13.7. The highest BCUT2D eigenvalue weighted by Gasteiger charge is 2.67. The molecule has 242 valence electrons. The van der Waals surface area contributed by atoms with Gasteiger partial charge in [-0.1, -0.05) is 23.9 Å². The number of rotatable bonds is 13. The zero-order chi connectivity index (χ0) is 32.3. The van der Waals surface area contributed by atoms with Crippen LogP contribution in [-0.4, -0.2) is 143 Å². The van der Waals surface area contributed by atoms with Gasteiger partial charge < -0.3 is 35.2 Å². The van der Waals surface area contributed by atoms with Gasteiger partial charge in [0.2, 0.25) is 11.1 Å². The Morgan fingerprint density at radius 1 is 1.16 bits per heavy atom. The lowest BCUT2D eigenvalue weighted by molar-refractivity contribution is -0.193. The second-order valence-electron chi connectivity index (χ2n) is 10.9. The van der Waals surface area contributed by atoms with Gasteiger partial charge in [-0.3, -0.25) is 19.3 Å². The van der Waals surface area contributed by atoms with E-state index in [-0.39, 0.29) is 28.5 Å². The fraction of sp³-hybridized carbons (Fsp3) is 0.519. The average Bonchev–Trinajstić information content (AvgIpc) is 3.47. The molecule has 2 aromatic rings. The van der Waals surface area contributed by atoms with E-state index in [2.05, 4.69) is 37.7 Å². The third kappa shape index (κ3) is 6.64. The lowest BCUT2D eigenvalue weighted by atomic mass is 9.94. The zero-order valence-corrected chi connectivity index (χ0v) is 26.3. The maximum atomic E-state index is 13.5. The van der Waals surface area contributed by atoms with Crippen LogP contribution in [0.5, 0.6) is 5.75 Å². The molecule has 18 heteroatoms. The van der Waals surface area contributed by atoms with Crippen LogP contribution in [0.15, 0.2) is 40.7 Å². The molecule has 5 rings (SSSR count). The van der Waals surface area contributed by atoms with Gasteiger partial charge in [0.05, 0.1) is 0 Å². The molecular formula is C27H34N8O8S2. The molecule has 2 amide bonds. The number of phenols is 1. The molecule has 0 spiro atoms. The van der Waals surface area contributed by atoms with E-state index in [1.165, 1.54) is 54.9 Å². The van der Waals surface area contributed by atoms with E-state index < -0.39 is 40.8 Å². The van der Waals surface area contributed by atoms with Crippen LogP contribution in [0.3, 0.4) is 0 Å². The predicted octanol–water partition coefficient (Wildman–Crippen LogP) is -0.311. The number of hydrogen-bond acceptors (Lipinski definition) is 13. The number of thioether (sulfide) groups is 2. The van der Waals surface area contributed by atoms with Crippen LogP contribution in [-0.2, 0) is 30.5 Å². The number of carboxylic acids is 2. The molecule has 0 bridgehead atoms. The first-order chi connectivity index (χ1) is 21.6. The number of carbonyl (C=O) groups excluding carboxylic acids is 2. The fourth-order valence-electron chi connectivity index (χ4n) is 5.49. The minimum atomic E-state index is -1.97. The van der Waals surface area contributed by atoms with Crippen molar-refractivity contribution in [1.82, 2.24) is 40.2 Å². The van der Waals surface area contributed by atoms with Crippen molar-refractivity contribution in [3.8, 4) is 5.75 Å². The Hall–Kier alpha value is -3.71. The molecule has 2 saturated heterocycles. The smallest absolute Gasteiger partial charge is 0.352 e. The van der Waals surface area contributed by atoms with Crippen LogP contribution >= 0.6 is 23.5 Å². The number of aromatic nitrogens is 4. The minimum Gasteiger partial charge on any atom is -0.508 e. The maximum absolute atomic E-state index is 13.5. The maximum Gasteiger partial charge on any atom is 0.352 e. The van der Waals surface area contributed by atoms with Gasteiger partial charge in [-0.05, 0) is 47.2 Å². The minimum absolute atomic E-state index is 0.0797. The van der Waals surface area contributed by atoms with Gasteiger partial charge in [0.1, 0.15) is 16.8 Å². The molecular weight excluding hydrogens is 628 g/mol. The van der Waals surface area contributed by atoms with E-state index in [9.17, 15) is 34.5 Å². The molecule has 1 aromatic heterocycles. The number of aromatic hydroxyl groups is 1. The number of tetrazole rings is 1. The van der Waals surface area contributed by atoms with Crippen molar-refractivity contribution in [2.75, 3.05) is 58.4 Å². The number of phenolic OH excluding ortho intramolecular Hbond substituents is 1. The average molecular weight is 663 g/mol. The van der Waals surface area contributed by atoms with Crippen LogP contribution in [0.2, 0.25) is 0 Å². The number of nitrogens with one attached hydrogen (secondary N) is 1. The Bertz CT molecular complexity index is 1480. The number of hydrogen-bond donors (Lipinski definition) is 4. The van der Waals surface area contributed by atoms with E-state index in [4.69, 9.17) is 4.74 Å². The molecule has 3 aliphatic heterocycles. The number of β-lactam (4-membered cyclic amide) rings is 1. The second-order valence-corrected chi connectivity index (χ2v) is 12.9. The summed E-state index contributed by atoms with van der Waals surface area (Å²) < 4.78 is 7.15. The number of benzene rings is 1. The first-order valence-electron chi connectivity index (χ1n) is 14.1. The van der Waals surface area contributed by atoms with Gasteiger partial charge in [-0.15, -0.1) is 16.9 Å². The van der Waals surface area contributed by atoms with Gasteiger partial charge in [0, 0.05) is 57.9 Å². The normalized spacial score (nSPS) is 22.9. The highest BCUT2D eigenvalue weighted by atomic mass is 32.2. The Morgan fingerprint density at radius 3 is 2.51 bits per heavy atom. The van der Waals surface area contributed by atoms with E-state index >= 15 is 0 Å². The molecule has 0 radical (unpaired) electrons. The summed E-state index contributed by atoms with van der Waals surface area (Å²) in [6.45, 7) is 5.62. The topological polar surface area (TPSA) is 204 Å². The van der Waals surface area contributed by atoms with Crippen LogP contribution in [0.1, 0.15) is 17.9 Å². The molecule has 3 atom stereocenters. The number of piperazine rings is 1. The Balaban J connectivity index is 1.26. The lowest BCUT2D eigenvalue weighted by Crippen LogP contribution is -2.81. The molecule has 0 saturated carbocycles. The Kier molecular flexibility index (Phi) is 9.97. The number of likely N-dealkylation sites (N-methyl/N-ethyl adjacent to an activating group) is 1. The summed E-state index contributed by atoms with van der Waals surface area (Å²) in [5.74, 6) is -6.06. The number of ether oxygens (including phenoxy) is 1. The van der Waals surface area contributed by atoms with Gasteiger partial charge in [0.15, 0.2) is 5.92 Å². The van der Waals surface area contributed by atoms with Gasteiger partial charge in [-0.2, -0.15) is 0 Å². The summed E-state index contributed by atoms with van der Waals surface area (Å²) in [7, 11) is 3.30. The van der Waals surface area contributed by atoms with Crippen LogP contribution < -0.4 is 5.32 Å². The van der Waals surface area contributed by atoms with E-state index in [1.54, 1.807) is 4.68 Å². The van der Waals surface area contributed by atoms with Crippen molar-refractivity contribution in [2.45, 2.75) is 35.1 Å². The molecule has 2 fully saturated rings. The molecule has 16 nitrogen and oxygen atoms in total. The SMILES string of the molecule is CO[C@@]1(NC(=O)C(C(=O)O)c2ccc(O)cc2)C(=O)N2C(C(=O)O)=C(CSc3nnnn3CCCN3CCN(C)CC3)CS[C@H]21. The first-order valence-corrected chi connectivity index (χ1v) is 16.2. The van der Waals surface area contributed by atoms with E-state index in [1.807, 2.05) is 0 Å². The first kappa shape index (κ1) is 32.7. The monoisotopic (exact) mass is 662 g/mol.